The molecule has 0 aliphatic carbocycles. The van der Waals surface area contributed by atoms with E-state index in [2.05, 4.69) is 0 Å². The van der Waals surface area contributed by atoms with Crippen LogP contribution in [-0.4, -0.2) is 5.48 Å². The molecule has 0 heterocycles. The molecule has 0 fully saturated rings. The lowest BCUT2D eigenvalue weighted by Gasteiger charge is -2.26. The largest absolute Gasteiger partial charge is 0.412 e. The van der Waals surface area contributed by atoms with Gasteiger partial charge in [0.05, 0.1) is 0 Å². The zero-order valence-electron chi connectivity index (χ0n) is 16.2. The molecule has 0 aliphatic rings. The van der Waals surface area contributed by atoms with Gasteiger partial charge in [0, 0.05) is 21.2 Å². The molecule has 0 aromatic heterocycles. The van der Waals surface area contributed by atoms with Crippen molar-refractivity contribution >= 4 is 36.0 Å². The van der Waals surface area contributed by atoms with E-state index in [9.17, 15) is 9.13 Å². The van der Waals surface area contributed by atoms with E-state index in [-0.39, 0.29) is 5.48 Å². The maximum absolute atomic E-state index is 14.4. The Morgan fingerprint density at radius 3 is 0.800 bits per heavy atom. The van der Waals surface area contributed by atoms with Crippen LogP contribution < -0.4 is 21.2 Å². The van der Waals surface area contributed by atoms with Crippen molar-refractivity contribution in [3.63, 3.8) is 0 Å². The van der Waals surface area contributed by atoms with Gasteiger partial charge >= 0.3 is 0 Å². The third-order valence-corrected chi connectivity index (χ3v) is 10.4. The van der Waals surface area contributed by atoms with Gasteiger partial charge < -0.3 is 5.48 Å². The van der Waals surface area contributed by atoms with Crippen LogP contribution in [-0.2, 0) is 13.4 Å². The van der Waals surface area contributed by atoms with Crippen molar-refractivity contribution in [3.05, 3.63) is 121 Å². The first kappa shape index (κ1) is 22.0. The van der Waals surface area contributed by atoms with Gasteiger partial charge in [0.2, 0.25) is 0 Å². The average molecular weight is 436 g/mol. The van der Waals surface area contributed by atoms with E-state index in [1.807, 2.05) is 72.8 Å². The summed E-state index contributed by atoms with van der Waals surface area (Å²) in [4.78, 5) is 0. The molecular weight excluding hydrogens is 414 g/mol. The Kier molecular flexibility index (Phi) is 6.87. The molecule has 4 nitrogen and oxygen atoms in total. The molecule has 0 spiro atoms. The predicted molar refractivity (Wildman–Crippen MR) is 124 cm³/mol. The van der Waals surface area contributed by atoms with E-state index in [1.165, 1.54) is 0 Å². The van der Waals surface area contributed by atoms with Crippen LogP contribution in [0.1, 0.15) is 0 Å². The van der Waals surface area contributed by atoms with Crippen molar-refractivity contribution in [2.45, 2.75) is 0 Å². The maximum atomic E-state index is 14.4. The number of hydrogen-bond donors (Lipinski definition) is 0. The lowest BCUT2D eigenvalue weighted by Crippen LogP contribution is -2.23. The van der Waals surface area contributed by atoms with E-state index in [0.29, 0.717) is 21.2 Å². The first-order chi connectivity index (χ1) is 14.1. The third kappa shape index (κ3) is 4.23. The van der Waals surface area contributed by atoms with Crippen LogP contribution in [0.25, 0.3) is 0 Å². The second kappa shape index (κ2) is 9.38. The van der Waals surface area contributed by atoms with Crippen molar-refractivity contribution in [1.82, 2.24) is 0 Å². The minimum atomic E-state index is -3.64. The van der Waals surface area contributed by atoms with Crippen LogP contribution >= 0.6 is 14.7 Å². The molecule has 4 rings (SSSR count). The number of benzene rings is 4. The van der Waals surface area contributed by atoms with E-state index >= 15 is 0 Å². The fourth-order valence-corrected chi connectivity index (χ4v) is 8.80. The maximum Gasteiger partial charge on any atom is 0.267 e. The predicted octanol–water partition coefficient (Wildman–Crippen LogP) is 4.04. The Hall–Kier alpha value is -2.74. The van der Waals surface area contributed by atoms with Crippen LogP contribution in [0, 0.1) is 0 Å². The molecule has 0 saturated heterocycles. The zero-order valence-corrected chi connectivity index (χ0v) is 18.0. The second-order valence-electron chi connectivity index (χ2n) is 6.53. The Morgan fingerprint density at radius 2 is 0.600 bits per heavy atom. The highest BCUT2D eigenvalue weighted by Crippen LogP contribution is 2.61. The van der Waals surface area contributed by atoms with Gasteiger partial charge in [-0.3, -0.25) is 13.4 Å². The quantitative estimate of drug-likeness (QED) is 0.428. The lowest BCUT2D eigenvalue weighted by atomic mass is 10.4. The SMILES string of the molecule is O.O=P(OP(=O)(c1ccccc1)c1ccccc1)(c1ccccc1)c1ccccc1. The summed E-state index contributed by atoms with van der Waals surface area (Å²) in [7, 11) is -7.28. The summed E-state index contributed by atoms with van der Waals surface area (Å²) in [6.45, 7) is 0. The van der Waals surface area contributed by atoms with Gasteiger partial charge in [0.1, 0.15) is 0 Å². The number of rotatable bonds is 6. The van der Waals surface area contributed by atoms with Crippen LogP contribution in [0.5, 0.6) is 0 Å². The topological polar surface area (TPSA) is 74.9 Å². The van der Waals surface area contributed by atoms with E-state index in [0.717, 1.165) is 0 Å². The fraction of sp³-hybridized carbons (Fsp3) is 0. The zero-order chi connectivity index (χ0) is 20.2. The Bertz CT molecular complexity index is 983. The van der Waals surface area contributed by atoms with Gasteiger partial charge in [0.25, 0.3) is 14.7 Å². The Balaban J connectivity index is 0.00000256. The van der Waals surface area contributed by atoms with Gasteiger partial charge in [-0.2, -0.15) is 0 Å². The van der Waals surface area contributed by atoms with Crippen molar-refractivity contribution in [2.24, 2.45) is 0 Å². The van der Waals surface area contributed by atoms with Gasteiger partial charge in [-0.25, -0.2) is 0 Å². The molecule has 30 heavy (non-hydrogen) atoms. The van der Waals surface area contributed by atoms with Crippen molar-refractivity contribution in [3.8, 4) is 0 Å². The summed E-state index contributed by atoms with van der Waals surface area (Å²) < 4.78 is 35.0. The normalized spacial score (nSPS) is 11.5. The van der Waals surface area contributed by atoms with Crippen molar-refractivity contribution < 1.29 is 18.9 Å². The van der Waals surface area contributed by atoms with Gasteiger partial charge in [-0.05, 0) is 48.5 Å². The summed E-state index contributed by atoms with van der Waals surface area (Å²) in [6.07, 6.45) is 0. The highest BCUT2D eigenvalue weighted by molar-refractivity contribution is 7.86. The molecule has 2 N–H and O–H groups in total. The molecular formula is C24H22O4P2. The molecule has 6 heteroatoms. The molecule has 4 aromatic carbocycles. The number of hydrogen-bond acceptors (Lipinski definition) is 3. The molecule has 0 amide bonds. The van der Waals surface area contributed by atoms with Gasteiger partial charge in [-0.15, -0.1) is 0 Å². The highest BCUT2D eigenvalue weighted by atomic mass is 31.2. The monoisotopic (exact) mass is 436 g/mol. The van der Waals surface area contributed by atoms with Crippen LogP contribution in [0.15, 0.2) is 121 Å². The average Bonchev–Trinajstić information content (AvgIpc) is 2.81. The third-order valence-electron chi connectivity index (χ3n) is 4.61. The Labute approximate surface area is 176 Å². The standard InChI is InChI=1S/C24H20O3P2.H2O/c25-28(21-13-5-1-6-14-21,22-15-7-2-8-16-22)27-29(26,23-17-9-3-10-18-23)24-19-11-4-12-20-24;/h1-20H;1H2. The summed E-state index contributed by atoms with van der Waals surface area (Å²) in [6, 6.07) is 36.0. The van der Waals surface area contributed by atoms with Gasteiger partial charge in [-0.1, -0.05) is 72.8 Å². The minimum Gasteiger partial charge on any atom is -0.412 e. The summed E-state index contributed by atoms with van der Waals surface area (Å²) in [5.41, 5.74) is 0. The van der Waals surface area contributed by atoms with Crippen molar-refractivity contribution in [1.29, 1.82) is 0 Å². The fourth-order valence-electron chi connectivity index (χ4n) is 3.15. The van der Waals surface area contributed by atoms with Gasteiger partial charge in [0.15, 0.2) is 0 Å². The summed E-state index contributed by atoms with van der Waals surface area (Å²) >= 11 is 0. The molecule has 4 aromatic rings. The van der Waals surface area contributed by atoms with Crippen LogP contribution in [0.4, 0.5) is 0 Å². The molecule has 152 valence electrons. The molecule has 0 unspecified atom stereocenters. The van der Waals surface area contributed by atoms with Crippen LogP contribution in [0.2, 0.25) is 0 Å². The molecule has 0 bridgehead atoms. The summed E-state index contributed by atoms with van der Waals surface area (Å²) in [5, 5.41) is 2.05. The second-order valence-corrected chi connectivity index (χ2v) is 11.5. The Morgan fingerprint density at radius 1 is 0.400 bits per heavy atom. The molecule has 0 radical (unpaired) electrons. The first-order valence-electron chi connectivity index (χ1n) is 9.27. The molecule has 0 saturated carbocycles. The molecule has 0 aliphatic heterocycles. The first-order valence-corrected chi connectivity index (χ1v) is 12.5. The highest BCUT2D eigenvalue weighted by Gasteiger charge is 2.40. The van der Waals surface area contributed by atoms with E-state index in [1.54, 1.807) is 48.5 Å². The lowest BCUT2D eigenvalue weighted by molar-refractivity contribution is 0.485. The smallest absolute Gasteiger partial charge is 0.267 e. The van der Waals surface area contributed by atoms with E-state index < -0.39 is 14.7 Å². The van der Waals surface area contributed by atoms with E-state index in [4.69, 9.17) is 4.31 Å². The van der Waals surface area contributed by atoms with Crippen LogP contribution in [0.3, 0.4) is 0 Å². The molecule has 0 atom stereocenters. The minimum absolute atomic E-state index is 0. The summed E-state index contributed by atoms with van der Waals surface area (Å²) in [5.74, 6) is 0. The van der Waals surface area contributed by atoms with Crippen molar-refractivity contribution in [2.75, 3.05) is 0 Å².